The summed E-state index contributed by atoms with van der Waals surface area (Å²) in [5.74, 6) is 0.108. The number of carbonyl (C=O) groups is 4. The van der Waals surface area contributed by atoms with Gasteiger partial charge in [0, 0.05) is 84.6 Å². The molecule has 4 amide bonds. The van der Waals surface area contributed by atoms with Gasteiger partial charge in [-0.15, -0.1) is 0 Å². The van der Waals surface area contributed by atoms with Crippen molar-refractivity contribution in [1.29, 1.82) is 0 Å². The van der Waals surface area contributed by atoms with E-state index in [2.05, 4.69) is 31.9 Å². The molecule has 0 aliphatic carbocycles. The van der Waals surface area contributed by atoms with Crippen LogP contribution in [0.25, 0.3) is 33.0 Å². The molecule has 11 rings (SSSR count). The fraction of sp³-hybridized carbons (Fsp3) is 0.415. The van der Waals surface area contributed by atoms with Crippen molar-refractivity contribution in [2.75, 3.05) is 40.3 Å². The van der Waals surface area contributed by atoms with Crippen molar-refractivity contribution in [3.05, 3.63) is 82.4 Å². The van der Waals surface area contributed by atoms with E-state index in [0.717, 1.165) is 128 Å². The molecule has 2 aromatic heterocycles. The van der Waals surface area contributed by atoms with Crippen molar-refractivity contribution in [3.63, 3.8) is 0 Å². The van der Waals surface area contributed by atoms with Gasteiger partial charge in [-0.05, 0) is 75.3 Å². The molecule has 10 heteroatoms. The van der Waals surface area contributed by atoms with Crippen molar-refractivity contribution in [3.8, 4) is 0 Å². The number of para-hydroxylation sites is 2. The number of hydrogen-bond acceptors (Lipinski definition) is 6. The molecular formula is C41H44N6O4. The number of hydrogen-bond donors (Lipinski definition) is 2. The fourth-order valence-electron chi connectivity index (χ4n) is 9.60. The van der Waals surface area contributed by atoms with Crippen LogP contribution in [0.15, 0.2) is 59.9 Å². The highest BCUT2D eigenvalue weighted by molar-refractivity contribution is 6.38. The third-order valence-electron chi connectivity index (χ3n) is 12.3. The largest absolute Gasteiger partial charge is 0.366 e. The Bertz CT molecular complexity index is 2030. The summed E-state index contributed by atoms with van der Waals surface area (Å²) in [5, 5.41) is 1.95. The summed E-state index contributed by atoms with van der Waals surface area (Å²) in [7, 11) is 3.21. The highest BCUT2D eigenvalue weighted by Gasteiger charge is 2.45. The first-order valence-electron chi connectivity index (χ1n) is 18.6. The molecule has 4 bridgehead atoms. The van der Waals surface area contributed by atoms with E-state index >= 15 is 0 Å². The number of H-pyrrole nitrogens is 2. The van der Waals surface area contributed by atoms with E-state index in [1.807, 2.05) is 36.4 Å². The molecule has 0 spiro atoms. The minimum Gasteiger partial charge on any atom is -0.366 e. The quantitative estimate of drug-likeness (QED) is 0.238. The molecule has 2 fully saturated rings. The first-order chi connectivity index (χ1) is 24.8. The Hall–Kier alpha value is -5.12. The van der Waals surface area contributed by atoms with Crippen LogP contribution in [-0.2, 0) is 32.0 Å². The third-order valence-corrected chi connectivity index (χ3v) is 12.3. The van der Waals surface area contributed by atoms with Gasteiger partial charge in [0.25, 0.3) is 23.6 Å². The number of amides is 4. The van der Waals surface area contributed by atoms with E-state index in [0.29, 0.717) is 34.4 Å². The SMILES string of the molecule is CN1C(=O)C2=C(C1=O)N1CCC(CC1)C1CCN(CC1)C1=C(C(=O)N(C)C1=O)c1c([nH]c3ccccc13)CCCCCc1[nH]c3ccccc3c12. The first-order valence-corrected chi connectivity index (χ1v) is 18.6. The molecule has 9 heterocycles. The average Bonchev–Trinajstić information content (AvgIpc) is 3.83. The smallest absolute Gasteiger partial charge is 0.277 e. The molecule has 0 unspecified atom stereocenters. The Morgan fingerprint density at radius 3 is 1.33 bits per heavy atom. The van der Waals surface area contributed by atoms with Gasteiger partial charge in [-0.2, -0.15) is 0 Å². The lowest BCUT2D eigenvalue weighted by Gasteiger charge is -2.41. The second-order valence-electron chi connectivity index (χ2n) is 15.0. The maximum absolute atomic E-state index is 13.9. The summed E-state index contributed by atoms with van der Waals surface area (Å²) in [6, 6.07) is 16.2. The lowest BCUT2D eigenvalue weighted by atomic mass is 9.78. The van der Waals surface area contributed by atoms with Gasteiger partial charge in [0.1, 0.15) is 11.4 Å². The summed E-state index contributed by atoms with van der Waals surface area (Å²) in [6.45, 7) is 2.91. The van der Waals surface area contributed by atoms with E-state index in [1.54, 1.807) is 14.1 Å². The molecule has 4 aromatic rings. The van der Waals surface area contributed by atoms with Crippen LogP contribution >= 0.6 is 0 Å². The van der Waals surface area contributed by atoms with Crippen molar-refractivity contribution >= 4 is 56.6 Å². The van der Waals surface area contributed by atoms with Crippen LogP contribution in [0, 0.1) is 11.8 Å². The monoisotopic (exact) mass is 684 g/mol. The number of imide groups is 2. The van der Waals surface area contributed by atoms with E-state index in [9.17, 15) is 19.2 Å². The van der Waals surface area contributed by atoms with Crippen molar-refractivity contribution in [1.82, 2.24) is 29.6 Å². The van der Waals surface area contributed by atoms with Crippen LogP contribution in [0.4, 0.5) is 0 Å². The van der Waals surface area contributed by atoms with Gasteiger partial charge in [0.05, 0.1) is 11.1 Å². The maximum atomic E-state index is 13.9. The zero-order valence-electron chi connectivity index (χ0n) is 29.4. The molecule has 10 nitrogen and oxygen atoms in total. The standard InChI is InChI=1S/C41H44N6O4/c1-44-38(48)34-32-26-10-6-8-12-28(26)42-30(32)14-4-3-5-15-31-33(27-11-7-9-13-29(27)43-31)35-37(41(51)45(2)39(35)49)47-22-18-25(19-23-47)24-16-20-46(21-17-24)36(34)40(44)50/h6-13,24-25,42-43H,3-5,14-23H2,1-2H3. The molecule has 0 atom stereocenters. The lowest BCUT2D eigenvalue weighted by Crippen LogP contribution is -2.42. The fourth-order valence-corrected chi connectivity index (χ4v) is 9.60. The van der Waals surface area contributed by atoms with Crippen LogP contribution < -0.4 is 0 Å². The van der Waals surface area contributed by atoms with E-state index in [1.165, 1.54) is 9.80 Å². The van der Waals surface area contributed by atoms with Crippen LogP contribution in [0.5, 0.6) is 0 Å². The van der Waals surface area contributed by atoms with Crippen LogP contribution in [0.1, 0.15) is 67.5 Å². The number of nitrogens with zero attached hydrogens (tertiary/aromatic N) is 4. The van der Waals surface area contributed by atoms with Crippen molar-refractivity contribution in [2.24, 2.45) is 11.8 Å². The summed E-state index contributed by atoms with van der Waals surface area (Å²) < 4.78 is 0. The summed E-state index contributed by atoms with van der Waals surface area (Å²) >= 11 is 0. The van der Waals surface area contributed by atoms with Gasteiger partial charge in [-0.1, -0.05) is 42.8 Å². The maximum Gasteiger partial charge on any atom is 0.277 e. The molecule has 2 aromatic carbocycles. The molecule has 2 saturated heterocycles. The molecule has 0 radical (unpaired) electrons. The van der Waals surface area contributed by atoms with Crippen molar-refractivity contribution in [2.45, 2.75) is 57.8 Å². The molecule has 2 N–H and O–H groups in total. The Morgan fingerprint density at radius 1 is 0.529 bits per heavy atom. The predicted molar refractivity (Wildman–Crippen MR) is 196 cm³/mol. The number of aromatic amines is 2. The van der Waals surface area contributed by atoms with Gasteiger partial charge >= 0.3 is 0 Å². The minimum atomic E-state index is -0.226. The molecule has 7 aliphatic rings. The number of carbonyl (C=O) groups excluding carboxylic acids is 4. The van der Waals surface area contributed by atoms with E-state index in [-0.39, 0.29) is 23.6 Å². The van der Waals surface area contributed by atoms with Crippen LogP contribution in [0.2, 0.25) is 0 Å². The zero-order chi connectivity index (χ0) is 35.0. The Balaban J connectivity index is 1.13. The van der Waals surface area contributed by atoms with Crippen molar-refractivity contribution < 1.29 is 19.2 Å². The number of fused-ring (bicyclic) bond motifs is 4. The Kier molecular flexibility index (Phi) is 7.67. The number of aryl methyl sites for hydroxylation is 2. The van der Waals surface area contributed by atoms with E-state index < -0.39 is 0 Å². The van der Waals surface area contributed by atoms with Gasteiger partial charge < -0.3 is 19.8 Å². The second-order valence-corrected chi connectivity index (χ2v) is 15.0. The predicted octanol–water partition coefficient (Wildman–Crippen LogP) is 5.46. The summed E-state index contributed by atoms with van der Waals surface area (Å²) in [5.41, 5.74) is 7.83. The third kappa shape index (κ3) is 4.97. The zero-order valence-corrected chi connectivity index (χ0v) is 29.4. The number of benzene rings is 2. The topological polar surface area (TPSA) is 113 Å². The van der Waals surface area contributed by atoms with Gasteiger partial charge in [-0.3, -0.25) is 29.0 Å². The normalized spacial score (nSPS) is 23.5. The molecule has 0 saturated carbocycles. The van der Waals surface area contributed by atoms with Crippen LogP contribution in [-0.4, -0.2) is 93.5 Å². The average molecular weight is 685 g/mol. The number of piperidine rings is 2. The van der Waals surface area contributed by atoms with Gasteiger partial charge in [-0.25, -0.2) is 0 Å². The Morgan fingerprint density at radius 2 is 0.922 bits per heavy atom. The molecular weight excluding hydrogens is 640 g/mol. The first kappa shape index (κ1) is 31.8. The highest BCUT2D eigenvalue weighted by Crippen LogP contribution is 2.43. The Labute approximate surface area is 297 Å². The number of aromatic nitrogens is 2. The molecule has 7 aliphatic heterocycles. The lowest BCUT2D eigenvalue weighted by molar-refractivity contribution is -0.137. The molecule has 51 heavy (non-hydrogen) atoms. The summed E-state index contributed by atoms with van der Waals surface area (Å²) in [6.07, 6.45) is 7.92. The van der Waals surface area contributed by atoms with Crippen LogP contribution in [0.3, 0.4) is 0 Å². The molecule has 262 valence electrons. The number of nitrogens with one attached hydrogen (secondary N) is 2. The minimum absolute atomic E-state index is 0.213. The number of rotatable bonds is 0. The number of likely N-dealkylation sites (N-methyl/N-ethyl adjacent to an activating group) is 2. The van der Waals surface area contributed by atoms with Gasteiger partial charge in [0.2, 0.25) is 0 Å². The highest BCUT2D eigenvalue weighted by atomic mass is 16.2. The van der Waals surface area contributed by atoms with E-state index in [4.69, 9.17) is 0 Å². The second kappa shape index (κ2) is 12.3. The van der Waals surface area contributed by atoms with Gasteiger partial charge in [0.15, 0.2) is 0 Å². The summed E-state index contributed by atoms with van der Waals surface area (Å²) in [4.78, 5) is 69.7.